The lowest BCUT2D eigenvalue weighted by Crippen LogP contribution is -2.05. The molecule has 26 heavy (non-hydrogen) atoms. The van der Waals surface area contributed by atoms with Crippen molar-refractivity contribution in [2.45, 2.75) is 12.8 Å². The Labute approximate surface area is 148 Å². The van der Waals surface area contributed by atoms with E-state index in [4.69, 9.17) is 9.47 Å². The minimum Gasteiger partial charge on any atom is -0.492 e. The van der Waals surface area contributed by atoms with E-state index in [-0.39, 0.29) is 29.2 Å². The van der Waals surface area contributed by atoms with E-state index in [0.29, 0.717) is 5.56 Å². The van der Waals surface area contributed by atoms with Crippen molar-refractivity contribution in [3.05, 3.63) is 64.7 Å². The molecule has 0 radical (unpaired) electrons. The molecule has 0 saturated heterocycles. The maximum atomic E-state index is 12.7. The molecular weight excluding hydrogens is 349 g/mol. The topological polar surface area (TPSA) is 55.8 Å². The Bertz CT molecular complexity index is 826. The molecule has 138 valence electrons. The molecule has 0 saturated carbocycles. The van der Waals surface area contributed by atoms with Crippen molar-refractivity contribution in [1.82, 2.24) is 0 Å². The third kappa shape index (κ3) is 4.23. The van der Waals surface area contributed by atoms with Crippen molar-refractivity contribution in [1.29, 1.82) is 0 Å². The first-order valence-electron chi connectivity index (χ1n) is 7.56. The van der Waals surface area contributed by atoms with Crippen LogP contribution in [0.15, 0.2) is 42.5 Å². The molecule has 0 fully saturated rings. The lowest BCUT2D eigenvalue weighted by atomic mass is 10.0. The number of hydrogen-bond acceptors (Lipinski definition) is 4. The first-order chi connectivity index (χ1) is 12.3. The monoisotopic (exact) mass is 366 g/mol. The maximum absolute atomic E-state index is 12.7. The quantitative estimate of drug-likeness (QED) is 0.617. The van der Waals surface area contributed by atoms with Crippen molar-refractivity contribution >= 4 is 11.9 Å². The normalized spacial score (nSPS) is 11.6. The molecule has 2 rings (SSSR count). The van der Waals surface area contributed by atoms with Gasteiger partial charge < -0.3 is 14.6 Å². The van der Waals surface area contributed by atoms with Crippen molar-refractivity contribution in [2.24, 2.45) is 0 Å². The van der Waals surface area contributed by atoms with Crippen LogP contribution in [0, 0.1) is 0 Å². The Morgan fingerprint density at radius 3 is 2.38 bits per heavy atom. The van der Waals surface area contributed by atoms with E-state index in [2.05, 4.69) is 0 Å². The Kier molecular flexibility index (Phi) is 6.05. The van der Waals surface area contributed by atoms with Crippen LogP contribution in [-0.2, 0) is 12.8 Å². The average Bonchev–Trinajstić information content (AvgIpc) is 2.64. The van der Waals surface area contributed by atoms with Gasteiger partial charge in [0.05, 0.1) is 32.0 Å². The molecule has 4 nitrogen and oxygen atoms in total. The van der Waals surface area contributed by atoms with Gasteiger partial charge >= 0.3 is 6.18 Å². The van der Waals surface area contributed by atoms with Gasteiger partial charge in [-0.05, 0) is 29.8 Å². The fourth-order valence-corrected chi connectivity index (χ4v) is 2.43. The molecule has 0 amide bonds. The average molecular weight is 366 g/mol. The molecule has 0 heterocycles. The molecule has 0 spiro atoms. The minimum absolute atomic E-state index is 0.151. The molecule has 0 aliphatic rings. The number of carbonyl (C=O) groups excluding carboxylic acids is 1. The molecule has 2 aromatic carbocycles. The van der Waals surface area contributed by atoms with Gasteiger partial charge in [0.1, 0.15) is 0 Å². The van der Waals surface area contributed by atoms with Crippen LogP contribution in [0.2, 0.25) is 0 Å². The number of ketones is 1. The molecule has 7 heteroatoms. The summed E-state index contributed by atoms with van der Waals surface area (Å²) in [6.45, 7) is -0.298. The second kappa shape index (κ2) is 8.05. The number of aliphatic hydroxyl groups is 1. The van der Waals surface area contributed by atoms with Crippen LogP contribution in [0.4, 0.5) is 13.2 Å². The summed E-state index contributed by atoms with van der Waals surface area (Å²) in [5, 5.41) is 9.32. The van der Waals surface area contributed by atoms with Crippen LogP contribution >= 0.6 is 0 Å². The van der Waals surface area contributed by atoms with E-state index < -0.39 is 17.5 Å². The van der Waals surface area contributed by atoms with Gasteiger partial charge in [0, 0.05) is 5.56 Å². The van der Waals surface area contributed by atoms with Gasteiger partial charge in [0.15, 0.2) is 17.3 Å². The van der Waals surface area contributed by atoms with E-state index in [1.54, 1.807) is 0 Å². The van der Waals surface area contributed by atoms with E-state index in [1.807, 2.05) is 0 Å². The number of rotatable bonds is 6. The maximum Gasteiger partial charge on any atom is 0.416 e. The Balaban J connectivity index is 2.35. The van der Waals surface area contributed by atoms with Crippen LogP contribution in [0.1, 0.15) is 27.0 Å². The van der Waals surface area contributed by atoms with E-state index in [0.717, 1.165) is 18.2 Å². The predicted molar refractivity (Wildman–Crippen MR) is 90.3 cm³/mol. The number of methoxy groups -OCH3 is 2. The summed E-state index contributed by atoms with van der Waals surface area (Å²) >= 11 is 0. The molecule has 0 atom stereocenters. The predicted octanol–water partition coefficient (Wildman–Crippen LogP) is 4.11. The first kappa shape index (κ1) is 19.5. The molecule has 0 aromatic heterocycles. The van der Waals surface area contributed by atoms with E-state index in [9.17, 15) is 23.1 Å². The number of ether oxygens (including phenoxy) is 2. The second-order valence-corrected chi connectivity index (χ2v) is 5.32. The fraction of sp³-hybridized carbons (Fsp3) is 0.211. The fourth-order valence-electron chi connectivity index (χ4n) is 2.43. The van der Waals surface area contributed by atoms with E-state index in [1.165, 1.54) is 44.6 Å². The molecule has 0 bridgehead atoms. The summed E-state index contributed by atoms with van der Waals surface area (Å²) in [4.78, 5) is 12.4. The largest absolute Gasteiger partial charge is 0.492 e. The van der Waals surface area contributed by atoms with Gasteiger partial charge in [0.2, 0.25) is 0 Å². The van der Waals surface area contributed by atoms with Crippen LogP contribution in [0.3, 0.4) is 0 Å². The summed E-state index contributed by atoms with van der Waals surface area (Å²) in [5.74, 6) is -0.0897. The summed E-state index contributed by atoms with van der Waals surface area (Å²) in [7, 11) is 2.73. The first-order valence-corrected chi connectivity index (χ1v) is 7.56. The van der Waals surface area contributed by atoms with Crippen LogP contribution in [-0.4, -0.2) is 25.1 Å². The SMILES string of the molecule is COc1c(CO)ccc(C(=O)C=Cc2cccc(C(F)(F)F)c2)c1OC. The highest BCUT2D eigenvalue weighted by Gasteiger charge is 2.30. The van der Waals surface area contributed by atoms with Crippen molar-refractivity contribution in [3.63, 3.8) is 0 Å². The smallest absolute Gasteiger partial charge is 0.416 e. The summed E-state index contributed by atoms with van der Waals surface area (Å²) < 4.78 is 48.6. The number of allylic oxidation sites excluding steroid dienone is 1. The zero-order chi connectivity index (χ0) is 19.3. The third-order valence-electron chi connectivity index (χ3n) is 3.68. The van der Waals surface area contributed by atoms with Crippen LogP contribution < -0.4 is 9.47 Å². The number of benzene rings is 2. The number of halogens is 3. The highest BCUT2D eigenvalue weighted by molar-refractivity contribution is 6.09. The summed E-state index contributed by atoms with van der Waals surface area (Å²) in [6.07, 6.45) is -2.00. The highest BCUT2D eigenvalue weighted by Crippen LogP contribution is 2.35. The molecule has 2 aromatic rings. The molecule has 0 unspecified atom stereocenters. The van der Waals surface area contributed by atoms with E-state index >= 15 is 0 Å². The standard InChI is InChI=1S/C19H17F3O4/c1-25-17-13(11-23)7-8-15(18(17)26-2)16(24)9-6-12-4-3-5-14(10-12)19(20,21)22/h3-10,23H,11H2,1-2H3. The molecule has 1 N–H and O–H groups in total. The number of carbonyl (C=O) groups is 1. The molecular formula is C19H17F3O4. The Morgan fingerprint density at radius 2 is 1.81 bits per heavy atom. The lowest BCUT2D eigenvalue weighted by molar-refractivity contribution is -0.137. The van der Waals surface area contributed by atoms with Crippen molar-refractivity contribution in [3.8, 4) is 11.5 Å². The van der Waals surface area contributed by atoms with Gasteiger partial charge in [-0.1, -0.05) is 24.3 Å². The van der Waals surface area contributed by atoms with Crippen LogP contribution in [0.25, 0.3) is 6.08 Å². The van der Waals surface area contributed by atoms with Gasteiger partial charge in [0.25, 0.3) is 0 Å². The Hall–Kier alpha value is -2.80. The zero-order valence-corrected chi connectivity index (χ0v) is 14.1. The van der Waals surface area contributed by atoms with Crippen molar-refractivity contribution < 1.29 is 32.5 Å². The van der Waals surface area contributed by atoms with Gasteiger partial charge in [-0.25, -0.2) is 0 Å². The number of alkyl halides is 3. The van der Waals surface area contributed by atoms with Gasteiger partial charge in [-0.3, -0.25) is 4.79 Å². The highest BCUT2D eigenvalue weighted by atomic mass is 19.4. The molecule has 0 aliphatic heterocycles. The van der Waals surface area contributed by atoms with Gasteiger partial charge in [-0.15, -0.1) is 0 Å². The summed E-state index contributed by atoms with van der Waals surface area (Å²) in [6, 6.07) is 7.63. The van der Waals surface area contributed by atoms with Gasteiger partial charge in [-0.2, -0.15) is 13.2 Å². The van der Waals surface area contributed by atoms with Crippen LogP contribution in [0.5, 0.6) is 11.5 Å². The Morgan fingerprint density at radius 1 is 1.12 bits per heavy atom. The zero-order valence-electron chi connectivity index (χ0n) is 14.1. The third-order valence-corrected chi connectivity index (χ3v) is 3.68. The minimum atomic E-state index is -4.45. The van der Waals surface area contributed by atoms with Crippen molar-refractivity contribution in [2.75, 3.05) is 14.2 Å². The number of aliphatic hydroxyl groups excluding tert-OH is 1. The lowest BCUT2D eigenvalue weighted by Gasteiger charge is -2.14. The number of hydrogen-bond donors (Lipinski definition) is 1. The second-order valence-electron chi connectivity index (χ2n) is 5.32. The summed E-state index contributed by atoms with van der Waals surface area (Å²) in [5.41, 5.74) is 0.0669. The molecule has 0 aliphatic carbocycles.